The fourth-order valence-corrected chi connectivity index (χ4v) is 3.35. The zero-order valence-electron chi connectivity index (χ0n) is 10.8. The second-order valence-electron chi connectivity index (χ2n) is 5.59. The first-order valence-corrected chi connectivity index (χ1v) is 6.88. The van der Waals surface area contributed by atoms with Crippen molar-refractivity contribution in [3.63, 3.8) is 0 Å². The maximum Gasteiger partial charge on any atom is 0.258 e. The van der Waals surface area contributed by atoms with Crippen LogP contribution in [-0.2, 0) is 4.79 Å². The summed E-state index contributed by atoms with van der Waals surface area (Å²) in [7, 11) is 0. The lowest BCUT2D eigenvalue weighted by Gasteiger charge is -2.22. The van der Waals surface area contributed by atoms with Gasteiger partial charge in [-0.1, -0.05) is 6.42 Å². The summed E-state index contributed by atoms with van der Waals surface area (Å²) in [5, 5.41) is 3.05. The summed E-state index contributed by atoms with van der Waals surface area (Å²) in [6.07, 6.45) is 4.95. The van der Waals surface area contributed by atoms with Gasteiger partial charge >= 0.3 is 0 Å². The largest absolute Gasteiger partial charge is 0.484 e. The molecular formula is C15H18FNO2. The number of nitrogens with one attached hydrogen (secondary N) is 1. The molecule has 0 heterocycles. The number of rotatable bonds is 4. The van der Waals surface area contributed by atoms with E-state index in [0.717, 1.165) is 12.3 Å². The van der Waals surface area contributed by atoms with Crippen molar-refractivity contribution in [1.82, 2.24) is 5.32 Å². The third kappa shape index (κ3) is 2.88. The molecule has 2 aliphatic rings. The van der Waals surface area contributed by atoms with Crippen LogP contribution in [0.5, 0.6) is 5.75 Å². The van der Waals surface area contributed by atoms with Gasteiger partial charge in [0.15, 0.2) is 6.61 Å². The number of carbonyl (C=O) groups excluding carboxylic acids is 1. The molecule has 2 bridgehead atoms. The molecule has 0 aliphatic heterocycles. The summed E-state index contributed by atoms with van der Waals surface area (Å²) in [5.41, 5.74) is 0. The van der Waals surface area contributed by atoms with Crippen molar-refractivity contribution in [3.05, 3.63) is 30.1 Å². The second kappa shape index (κ2) is 5.19. The number of ether oxygens (including phenoxy) is 1. The Hall–Kier alpha value is -1.58. The van der Waals surface area contributed by atoms with E-state index >= 15 is 0 Å². The molecule has 3 nitrogen and oxygen atoms in total. The second-order valence-corrected chi connectivity index (χ2v) is 5.59. The highest BCUT2D eigenvalue weighted by Crippen LogP contribution is 2.44. The van der Waals surface area contributed by atoms with Gasteiger partial charge in [-0.2, -0.15) is 0 Å². The summed E-state index contributed by atoms with van der Waals surface area (Å²) >= 11 is 0. The predicted molar refractivity (Wildman–Crippen MR) is 69.3 cm³/mol. The Labute approximate surface area is 112 Å². The first kappa shape index (κ1) is 12.5. The SMILES string of the molecule is O=C(COc1ccc(F)cc1)N[C@H]1C[C@H]2CC[C@@H]1C2. The van der Waals surface area contributed by atoms with Crippen LogP contribution >= 0.6 is 0 Å². The number of amides is 1. The van der Waals surface area contributed by atoms with Crippen molar-refractivity contribution >= 4 is 5.91 Å². The highest BCUT2D eigenvalue weighted by molar-refractivity contribution is 5.77. The summed E-state index contributed by atoms with van der Waals surface area (Å²) in [6.45, 7) is -0.000477. The van der Waals surface area contributed by atoms with Gasteiger partial charge in [-0.3, -0.25) is 4.79 Å². The maximum absolute atomic E-state index is 12.7. The zero-order valence-corrected chi connectivity index (χ0v) is 10.8. The van der Waals surface area contributed by atoms with Crippen LogP contribution in [0.15, 0.2) is 24.3 Å². The van der Waals surface area contributed by atoms with Crippen LogP contribution in [0.1, 0.15) is 25.7 Å². The number of benzene rings is 1. The molecule has 0 aromatic heterocycles. The molecule has 0 unspecified atom stereocenters. The molecule has 0 saturated heterocycles. The fraction of sp³-hybridized carbons (Fsp3) is 0.533. The highest BCUT2D eigenvalue weighted by atomic mass is 19.1. The van der Waals surface area contributed by atoms with E-state index < -0.39 is 0 Å². The Morgan fingerprint density at radius 3 is 2.68 bits per heavy atom. The average Bonchev–Trinajstić information content (AvgIpc) is 3.00. The molecule has 4 heteroatoms. The summed E-state index contributed by atoms with van der Waals surface area (Å²) in [6, 6.07) is 6.04. The van der Waals surface area contributed by atoms with E-state index in [1.807, 2.05) is 0 Å². The minimum Gasteiger partial charge on any atom is -0.484 e. The van der Waals surface area contributed by atoms with Gasteiger partial charge in [0.1, 0.15) is 11.6 Å². The van der Waals surface area contributed by atoms with Gasteiger partial charge in [0.25, 0.3) is 5.91 Å². The molecule has 2 saturated carbocycles. The highest BCUT2D eigenvalue weighted by Gasteiger charge is 2.40. The lowest BCUT2D eigenvalue weighted by molar-refractivity contribution is -0.124. The smallest absolute Gasteiger partial charge is 0.258 e. The molecule has 1 N–H and O–H groups in total. The van der Waals surface area contributed by atoms with Crippen molar-refractivity contribution in [1.29, 1.82) is 0 Å². The molecule has 0 spiro atoms. The first-order chi connectivity index (χ1) is 9.20. The molecule has 1 aromatic rings. The van der Waals surface area contributed by atoms with Crippen molar-refractivity contribution in [2.45, 2.75) is 31.7 Å². The Bertz CT molecular complexity index is 460. The third-order valence-corrected chi connectivity index (χ3v) is 4.27. The van der Waals surface area contributed by atoms with Crippen molar-refractivity contribution in [3.8, 4) is 5.75 Å². The summed E-state index contributed by atoms with van der Waals surface area (Å²) < 4.78 is 18.0. The van der Waals surface area contributed by atoms with Gasteiger partial charge in [-0.25, -0.2) is 4.39 Å². The van der Waals surface area contributed by atoms with Gasteiger partial charge < -0.3 is 10.1 Å². The van der Waals surface area contributed by atoms with E-state index in [4.69, 9.17) is 4.74 Å². The van der Waals surface area contributed by atoms with Gasteiger partial charge in [0.2, 0.25) is 0 Å². The Morgan fingerprint density at radius 2 is 2.05 bits per heavy atom. The first-order valence-electron chi connectivity index (χ1n) is 6.88. The van der Waals surface area contributed by atoms with Crippen LogP contribution in [-0.4, -0.2) is 18.6 Å². The predicted octanol–water partition coefficient (Wildman–Crippen LogP) is 2.51. The summed E-state index contributed by atoms with van der Waals surface area (Å²) in [5.74, 6) is 1.61. The number of carbonyl (C=O) groups is 1. The van der Waals surface area contributed by atoms with Crippen molar-refractivity contribution in [2.24, 2.45) is 11.8 Å². The molecule has 102 valence electrons. The van der Waals surface area contributed by atoms with Crippen molar-refractivity contribution < 1.29 is 13.9 Å². The minimum absolute atomic E-state index is 0.000477. The van der Waals surface area contributed by atoms with Crippen LogP contribution in [0.25, 0.3) is 0 Å². The molecular weight excluding hydrogens is 245 g/mol. The lowest BCUT2D eigenvalue weighted by atomic mass is 9.95. The molecule has 2 fully saturated rings. The van der Waals surface area contributed by atoms with Gasteiger partial charge in [-0.05, 0) is 55.4 Å². The topological polar surface area (TPSA) is 38.3 Å². The molecule has 3 atom stereocenters. The lowest BCUT2D eigenvalue weighted by Crippen LogP contribution is -2.40. The fourth-order valence-electron chi connectivity index (χ4n) is 3.35. The quantitative estimate of drug-likeness (QED) is 0.906. The third-order valence-electron chi connectivity index (χ3n) is 4.27. The van der Waals surface area contributed by atoms with E-state index in [1.165, 1.54) is 43.5 Å². The maximum atomic E-state index is 12.7. The van der Waals surface area contributed by atoms with Crippen LogP contribution < -0.4 is 10.1 Å². The number of halogens is 1. The zero-order chi connectivity index (χ0) is 13.2. The van der Waals surface area contributed by atoms with Crippen LogP contribution in [0.3, 0.4) is 0 Å². The van der Waals surface area contributed by atoms with E-state index in [-0.39, 0.29) is 18.3 Å². The average molecular weight is 263 g/mol. The summed E-state index contributed by atoms with van der Waals surface area (Å²) in [4.78, 5) is 11.8. The van der Waals surface area contributed by atoms with Crippen molar-refractivity contribution in [2.75, 3.05) is 6.61 Å². The Kier molecular flexibility index (Phi) is 3.40. The van der Waals surface area contributed by atoms with Gasteiger partial charge in [0.05, 0.1) is 0 Å². The van der Waals surface area contributed by atoms with Crippen LogP contribution in [0.4, 0.5) is 4.39 Å². The molecule has 19 heavy (non-hydrogen) atoms. The van der Waals surface area contributed by atoms with Crippen LogP contribution in [0, 0.1) is 17.7 Å². The van der Waals surface area contributed by atoms with Gasteiger partial charge in [0, 0.05) is 6.04 Å². The minimum atomic E-state index is -0.307. The number of hydrogen-bond acceptors (Lipinski definition) is 2. The standard InChI is InChI=1S/C15H18FNO2/c16-12-3-5-13(6-4-12)19-9-15(18)17-14-8-10-1-2-11(14)7-10/h3-6,10-11,14H,1-2,7-9H2,(H,17,18)/t10-,11+,14-/m0/s1. The number of fused-ring (bicyclic) bond motifs is 2. The van der Waals surface area contributed by atoms with Gasteiger partial charge in [-0.15, -0.1) is 0 Å². The molecule has 0 radical (unpaired) electrons. The Balaban J connectivity index is 1.45. The van der Waals surface area contributed by atoms with E-state index in [2.05, 4.69) is 5.32 Å². The molecule has 1 amide bonds. The molecule has 1 aromatic carbocycles. The monoisotopic (exact) mass is 263 g/mol. The number of hydrogen-bond donors (Lipinski definition) is 1. The normalized spacial score (nSPS) is 28.4. The van der Waals surface area contributed by atoms with E-state index in [0.29, 0.717) is 17.7 Å². The van der Waals surface area contributed by atoms with E-state index in [1.54, 1.807) is 0 Å². The van der Waals surface area contributed by atoms with Crippen LogP contribution in [0.2, 0.25) is 0 Å². The van der Waals surface area contributed by atoms with E-state index in [9.17, 15) is 9.18 Å². The Morgan fingerprint density at radius 1 is 1.26 bits per heavy atom. The molecule has 2 aliphatic carbocycles. The molecule has 3 rings (SSSR count).